The molecule has 2 N–H and O–H groups in total. The van der Waals surface area contributed by atoms with Gasteiger partial charge in [0.05, 0.1) is 13.2 Å². The number of benzene rings is 1. The molecule has 4 heteroatoms. The molecule has 0 radical (unpaired) electrons. The minimum absolute atomic E-state index is 0.00494. The van der Waals surface area contributed by atoms with Crippen LogP contribution in [0.15, 0.2) is 18.2 Å². The Kier molecular flexibility index (Phi) is 8.07. The Bertz CT molecular complexity index is 382. The maximum absolute atomic E-state index is 6.21. The molecule has 0 heterocycles. The lowest BCUT2D eigenvalue weighted by atomic mass is 10.0. The van der Waals surface area contributed by atoms with Gasteiger partial charge in [-0.2, -0.15) is 0 Å². The van der Waals surface area contributed by atoms with Crippen LogP contribution in [0, 0.1) is 0 Å². The quantitative estimate of drug-likeness (QED) is 0.669. The standard InChI is InChI=1S/C16H27NO3/c1-4-18-11-7-8-14(17)13-9-10-15(19-5-2)16(12-13)20-6-3/h9-10,12,14H,4-8,11,17H2,1-3H3. The first kappa shape index (κ1) is 16.8. The van der Waals surface area contributed by atoms with Gasteiger partial charge in [0.2, 0.25) is 0 Å². The lowest BCUT2D eigenvalue weighted by Gasteiger charge is -2.16. The fourth-order valence-corrected chi connectivity index (χ4v) is 2.01. The van der Waals surface area contributed by atoms with E-state index < -0.39 is 0 Å². The second-order valence-corrected chi connectivity index (χ2v) is 4.52. The van der Waals surface area contributed by atoms with Gasteiger partial charge in [-0.15, -0.1) is 0 Å². The second kappa shape index (κ2) is 9.61. The van der Waals surface area contributed by atoms with Crippen LogP contribution in [0.4, 0.5) is 0 Å². The van der Waals surface area contributed by atoms with E-state index in [0.717, 1.165) is 43.1 Å². The molecule has 0 aliphatic rings. The van der Waals surface area contributed by atoms with E-state index in [1.54, 1.807) is 0 Å². The molecule has 0 bridgehead atoms. The molecule has 0 saturated carbocycles. The highest BCUT2D eigenvalue weighted by Crippen LogP contribution is 2.31. The Morgan fingerprint density at radius 2 is 1.70 bits per heavy atom. The number of rotatable bonds is 10. The Balaban J connectivity index is 2.66. The van der Waals surface area contributed by atoms with E-state index >= 15 is 0 Å². The van der Waals surface area contributed by atoms with Crippen LogP contribution < -0.4 is 15.2 Å². The monoisotopic (exact) mass is 281 g/mol. The van der Waals surface area contributed by atoms with Gasteiger partial charge >= 0.3 is 0 Å². The molecule has 0 aromatic heterocycles. The SMILES string of the molecule is CCOCCCC(N)c1ccc(OCC)c(OCC)c1. The molecular formula is C16H27NO3. The highest BCUT2D eigenvalue weighted by atomic mass is 16.5. The molecule has 1 aromatic carbocycles. The van der Waals surface area contributed by atoms with Crippen LogP contribution in [0.25, 0.3) is 0 Å². The van der Waals surface area contributed by atoms with Crippen molar-refractivity contribution in [1.29, 1.82) is 0 Å². The number of hydrogen-bond donors (Lipinski definition) is 1. The van der Waals surface area contributed by atoms with Crippen LogP contribution in [0.1, 0.15) is 45.2 Å². The van der Waals surface area contributed by atoms with E-state index in [1.165, 1.54) is 0 Å². The smallest absolute Gasteiger partial charge is 0.161 e. The van der Waals surface area contributed by atoms with Crippen molar-refractivity contribution >= 4 is 0 Å². The molecule has 0 amide bonds. The van der Waals surface area contributed by atoms with Gasteiger partial charge in [0.15, 0.2) is 11.5 Å². The van der Waals surface area contributed by atoms with Crippen molar-refractivity contribution in [2.75, 3.05) is 26.4 Å². The normalized spacial score (nSPS) is 12.2. The zero-order chi connectivity index (χ0) is 14.8. The molecule has 1 rings (SSSR count). The van der Waals surface area contributed by atoms with E-state index in [-0.39, 0.29) is 6.04 Å². The van der Waals surface area contributed by atoms with Gasteiger partial charge in [-0.3, -0.25) is 0 Å². The molecule has 1 aromatic rings. The molecule has 20 heavy (non-hydrogen) atoms. The second-order valence-electron chi connectivity index (χ2n) is 4.52. The summed E-state index contributed by atoms with van der Waals surface area (Å²) in [5, 5.41) is 0. The lowest BCUT2D eigenvalue weighted by Crippen LogP contribution is -2.12. The average molecular weight is 281 g/mol. The Morgan fingerprint density at radius 3 is 2.35 bits per heavy atom. The number of hydrogen-bond acceptors (Lipinski definition) is 4. The molecule has 0 fully saturated rings. The highest BCUT2D eigenvalue weighted by Gasteiger charge is 2.11. The van der Waals surface area contributed by atoms with Crippen LogP contribution in [0.5, 0.6) is 11.5 Å². The largest absolute Gasteiger partial charge is 0.490 e. The van der Waals surface area contributed by atoms with Crippen molar-refractivity contribution in [1.82, 2.24) is 0 Å². The first-order valence-corrected chi connectivity index (χ1v) is 7.45. The molecule has 0 aliphatic carbocycles. The third-order valence-electron chi connectivity index (χ3n) is 3.00. The zero-order valence-corrected chi connectivity index (χ0v) is 12.9. The van der Waals surface area contributed by atoms with E-state index in [2.05, 4.69) is 0 Å². The van der Waals surface area contributed by atoms with Crippen LogP contribution in [0.2, 0.25) is 0 Å². The molecule has 0 spiro atoms. The van der Waals surface area contributed by atoms with Crippen LogP contribution >= 0.6 is 0 Å². The number of ether oxygens (including phenoxy) is 3. The molecule has 0 saturated heterocycles. The van der Waals surface area contributed by atoms with Gasteiger partial charge in [-0.25, -0.2) is 0 Å². The van der Waals surface area contributed by atoms with Crippen molar-refractivity contribution < 1.29 is 14.2 Å². The topological polar surface area (TPSA) is 53.7 Å². The Morgan fingerprint density at radius 1 is 1.00 bits per heavy atom. The summed E-state index contributed by atoms with van der Waals surface area (Å²) >= 11 is 0. The van der Waals surface area contributed by atoms with Gasteiger partial charge in [-0.1, -0.05) is 6.07 Å². The van der Waals surface area contributed by atoms with Crippen LogP contribution in [-0.4, -0.2) is 26.4 Å². The first-order chi connectivity index (χ1) is 9.72. The number of nitrogens with two attached hydrogens (primary N) is 1. The van der Waals surface area contributed by atoms with Crippen molar-refractivity contribution in [3.8, 4) is 11.5 Å². The summed E-state index contributed by atoms with van der Waals surface area (Å²) < 4.78 is 16.5. The fraction of sp³-hybridized carbons (Fsp3) is 0.625. The van der Waals surface area contributed by atoms with Gasteiger partial charge in [0, 0.05) is 19.3 Å². The molecule has 1 unspecified atom stereocenters. The van der Waals surface area contributed by atoms with Crippen LogP contribution in [0.3, 0.4) is 0 Å². The van der Waals surface area contributed by atoms with Crippen molar-refractivity contribution in [2.45, 2.75) is 39.7 Å². The van der Waals surface area contributed by atoms with E-state index in [9.17, 15) is 0 Å². The summed E-state index contributed by atoms with van der Waals surface area (Å²) in [6, 6.07) is 5.94. The Hall–Kier alpha value is -1.26. The van der Waals surface area contributed by atoms with Gasteiger partial charge in [0.25, 0.3) is 0 Å². The maximum Gasteiger partial charge on any atom is 0.161 e. The summed E-state index contributed by atoms with van der Waals surface area (Å²) in [6.07, 6.45) is 1.87. The van der Waals surface area contributed by atoms with Crippen molar-refractivity contribution in [3.63, 3.8) is 0 Å². The van der Waals surface area contributed by atoms with Crippen molar-refractivity contribution in [2.24, 2.45) is 5.73 Å². The molecule has 0 aliphatic heterocycles. The highest BCUT2D eigenvalue weighted by molar-refractivity contribution is 5.43. The predicted octanol–water partition coefficient (Wildman–Crippen LogP) is 3.30. The average Bonchev–Trinajstić information content (AvgIpc) is 2.45. The summed E-state index contributed by atoms with van der Waals surface area (Å²) in [4.78, 5) is 0. The van der Waals surface area contributed by atoms with Gasteiger partial charge in [-0.05, 0) is 51.3 Å². The minimum Gasteiger partial charge on any atom is -0.490 e. The molecule has 1 atom stereocenters. The first-order valence-electron chi connectivity index (χ1n) is 7.45. The van der Waals surface area contributed by atoms with Gasteiger partial charge in [0.1, 0.15) is 0 Å². The molecule has 4 nitrogen and oxygen atoms in total. The Labute approximate surface area is 122 Å². The summed E-state index contributed by atoms with van der Waals surface area (Å²) in [5.41, 5.74) is 7.29. The maximum atomic E-state index is 6.21. The molecular weight excluding hydrogens is 254 g/mol. The molecule has 114 valence electrons. The minimum atomic E-state index is 0.00494. The van der Waals surface area contributed by atoms with E-state index in [1.807, 2.05) is 39.0 Å². The fourth-order valence-electron chi connectivity index (χ4n) is 2.01. The van der Waals surface area contributed by atoms with Gasteiger partial charge < -0.3 is 19.9 Å². The lowest BCUT2D eigenvalue weighted by molar-refractivity contribution is 0.142. The third kappa shape index (κ3) is 5.39. The third-order valence-corrected chi connectivity index (χ3v) is 3.00. The van der Waals surface area contributed by atoms with E-state index in [4.69, 9.17) is 19.9 Å². The van der Waals surface area contributed by atoms with E-state index in [0.29, 0.717) is 13.2 Å². The zero-order valence-electron chi connectivity index (χ0n) is 12.9. The summed E-state index contributed by atoms with van der Waals surface area (Å²) in [7, 11) is 0. The van der Waals surface area contributed by atoms with Crippen LogP contribution in [-0.2, 0) is 4.74 Å². The summed E-state index contributed by atoms with van der Waals surface area (Å²) in [6.45, 7) is 8.68. The van der Waals surface area contributed by atoms with Crippen molar-refractivity contribution in [3.05, 3.63) is 23.8 Å². The summed E-state index contributed by atoms with van der Waals surface area (Å²) in [5.74, 6) is 1.55. The predicted molar refractivity (Wildman–Crippen MR) is 81.4 cm³/mol.